The van der Waals surface area contributed by atoms with Gasteiger partial charge in [0.15, 0.2) is 11.5 Å². The van der Waals surface area contributed by atoms with Crippen LogP contribution in [0.25, 0.3) is 0 Å². The van der Waals surface area contributed by atoms with Crippen molar-refractivity contribution in [2.45, 2.75) is 20.8 Å². The third-order valence-corrected chi connectivity index (χ3v) is 4.59. The Kier molecular flexibility index (Phi) is 4.61. The van der Waals surface area contributed by atoms with Crippen molar-refractivity contribution in [3.05, 3.63) is 70.9 Å². The smallest absolute Gasteiger partial charge is 0.256 e. The number of fused-ring (bicyclic) bond motifs is 1. The second-order valence-corrected chi connectivity index (χ2v) is 6.85. The van der Waals surface area contributed by atoms with Crippen molar-refractivity contribution in [1.82, 2.24) is 4.98 Å². The number of hydrogen-bond acceptors (Lipinski definition) is 5. The number of aryl methyl sites for hydroxylation is 3. The fraction of sp³-hybridized carbons (Fsp3) is 0.182. The number of carbonyl (C=O) groups excluding carboxylic acids is 1. The first kappa shape index (κ1) is 17.9. The quantitative estimate of drug-likeness (QED) is 0.690. The molecule has 2 heterocycles. The molecular weight excluding hydrogens is 354 g/mol. The predicted octanol–water partition coefficient (Wildman–Crippen LogP) is 4.73. The summed E-state index contributed by atoms with van der Waals surface area (Å²) in [6, 6.07) is 13.0. The van der Waals surface area contributed by atoms with Crippen molar-refractivity contribution >= 4 is 23.1 Å². The van der Waals surface area contributed by atoms with E-state index < -0.39 is 0 Å². The lowest BCUT2D eigenvalue weighted by Gasteiger charge is -2.14. The molecule has 2 N–H and O–H groups in total. The van der Waals surface area contributed by atoms with Crippen LogP contribution >= 0.6 is 0 Å². The summed E-state index contributed by atoms with van der Waals surface area (Å²) in [6.45, 7) is 6.42. The van der Waals surface area contributed by atoms with E-state index in [2.05, 4.69) is 48.5 Å². The van der Waals surface area contributed by atoms with E-state index in [0.717, 1.165) is 11.4 Å². The fourth-order valence-corrected chi connectivity index (χ4v) is 3.29. The van der Waals surface area contributed by atoms with Crippen LogP contribution < -0.4 is 20.1 Å². The Bertz CT molecular complexity index is 1020. The molecule has 0 saturated heterocycles. The molecule has 1 aliphatic heterocycles. The predicted molar refractivity (Wildman–Crippen MR) is 109 cm³/mol. The Labute approximate surface area is 163 Å². The summed E-state index contributed by atoms with van der Waals surface area (Å²) in [7, 11) is 0. The van der Waals surface area contributed by atoms with Crippen LogP contribution in [0.3, 0.4) is 0 Å². The fourth-order valence-electron chi connectivity index (χ4n) is 3.29. The Balaban J connectivity index is 1.46. The molecule has 6 heteroatoms. The molecule has 1 aromatic heterocycles. The van der Waals surface area contributed by atoms with Crippen LogP contribution in [0.15, 0.2) is 48.7 Å². The molecule has 1 aliphatic rings. The van der Waals surface area contributed by atoms with E-state index in [1.807, 2.05) is 6.07 Å². The number of anilines is 3. The Hall–Kier alpha value is -3.54. The van der Waals surface area contributed by atoms with Gasteiger partial charge in [-0.05, 0) is 62.2 Å². The molecule has 0 spiro atoms. The molecular formula is C22H21N3O3. The molecule has 6 nitrogen and oxygen atoms in total. The number of hydrogen-bond donors (Lipinski definition) is 2. The van der Waals surface area contributed by atoms with E-state index >= 15 is 0 Å². The van der Waals surface area contributed by atoms with Crippen LogP contribution in [0.1, 0.15) is 27.0 Å². The maximum Gasteiger partial charge on any atom is 0.256 e. The van der Waals surface area contributed by atoms with Gasteiger partial charge in [0.2, 0.25) is 6.79 Å². The highest BCUT2D eigenvalue weighted by Gasteiger charge is 2.16. The number of aromatic nitrogens is 1. The van der Waals surface area contributed by atoms with Crippen molar-refractivity contribution in [3.63, 3.8) is 0 Å². The second-order valence-electron chi connectivity index (χ2n) is 6.85. The van der Waals surface area contributed by atoms with E-state index in [9.17, 15) is 4.79 Å². The highest BCUT2D eigenvalue weighted by Crippen LogP contribution is 2.32. The van der Waals surface area contributed by atoms with E-state index in [1.165, 1.54) is 16.7 Å². The third kappa shape index (κ3) is 3.62. The number of amides is 1. The number of carbonyl (C=O) groups is 1. The van der Waals surface area contributed by atoms with Crippen molar-refractivity contribution in [2.75, 3.05) is 17.4 Å². The van der Waals surface area contributed by atoms with E-state index in [0.29, 0.717) is 22.9 Å². The number of nitrogens with one attached hydrogen (secondary N) is 2. The van der Waals surface area contributed by atoms with E-state index in [4.69, 9.17) is 9.47 Å². The van der Waals surface area contributed by atoms with Gasteiger partial charge in [-0.1, -0.05) is 17.7 Å². The van der Waals surface area contributed by atoms with Crippen LogP contribution in [-0.4, -0.2) is 17.7 Å². The lowest BCUT2D eigenvalue weighted by molar-refractivity contribution is 0.102. The van der Waals surface area contributed by atoms with Crippen molar-refractivity contribution in [2.24, 2.45) is 0 Å². The average Bonchev–Trinajstić information content (AvgIpc) is 3.13. The van der Waals surface area contributed by atoms with Gasteiger partial charge in [-0.2, -0.15) is 0 Å². The standard InChI is InChI=1S/C22H21N3O3/c1-13-8-14(2)21(15(3)9-13)24-17-5-7-20(23-11-17)25-22(26)16-4-6-18-19(10-16)28-12-27-18/h4-11,24H,12H2,1-3H3,(H,23,25,26). The summed E-state index contributed by atoms with van der Waals surface area (Å²) in [5.41, 5.74) is 6.01. The monoisotopic (exact) mass is 375 g/mol. The maximum atomic E-state index is 12.4. The molecule has 3 aromatic rings. The second kappa shape index (κ2) is 7.23. The van der Waals surface area contributed by atoms with Crippen molar-refractivity contribution in [3.8, 4) is 11.5 Å². The van der Waals surface area contributed by atoms with Gasteiger partial charge < -0.3 is 20.1 Å². The van der Waals surface area contributed by atoms with Crippen LogP contribution in [-0.2, 0) is 0 Å². The summed E-state index contributed by atoms with van der Waals surface area (Å²) in [6.07, 6.45) is 1.70. The first-order valence-electron chi connectivity index (χ1n) is 9.01. The molecule has 2 aromatic carbocycles. The largest absolute Gasteiger partial charge is 0.454 e. The lowest BCUT2D eigenvalue weighted by atomic mass is 10.0. The first-order valence-corrected chi connectivity index (χ1v) is 9.01. The molecule has 1 amide bonds. The van der Waals surface area contributed by atoms with Gasteiger partial charge in [-0.3, -0.25) is 4.79 Å². The molecule has 0 aliphatic carbocycles. The topological polar surface area (TPSA) is 72.5 Å². The molecule has 0 fully saturated rings. The van der Waals surface area contributed by atoms with Gasteiger partial charge in [0.25, 0.3) is 5.91 Å². The van der Waals surface area contributed by atoms with Gasteiger partial charge in [0.1, 0.15) is 5.82 Å². The molecule has 0 atom stereocenters. The van der Waals surface area contributed by atoms with Gasteiger partial charge in [0, 0.05) is 11.3 Å². The molecule has 0 unspecified atom stereocenters. The SMILES string of the molecule is Cc1cc(C)c(Nc2ccc(NC(=O)c3ccc4c(c3)OCO4)nc2)c(C)c1. The Morgan fingerprint density at radius 1 is 0.964 bits per heavy atom. The van der Waals surface area contributed by atoms with Crippen molar-refractivity contribution < 1.29 is 14.3 Å². The van der Waals surface area contributed by atoms with Crippen LogP contribution in [0.4, 0.5) is 17.2 Å². The molecule has 0 bridgehead atoms. The van der Waals surface area contributed by atoms with Crippen LogP contribution in [0, 0.1) is 20.8 Å². The average molecular weight is 375 g/mol. The number of benzene rings is 2. The summed E-state index contributed by atoms with van der Waals surface area (Å²) < 4.78 is 10.6. The number of nitrogens with zero attached hydrogens (tertiary/aromatic N) is 1. The number of rotatable bonds is 4. The summed E-state index contributed by atoms with van der Waals surface area (Å²) in [5, 5.41) is 6.20. The van der Waals surface area contributed by atoms with Crippen LogP contribution in [0.2, 0.25) is 0 Å². The van der Waals surface area contributed by atoms with E-state index in [1.54, 1.807) is 30.5 Å². The molecule has 0 saturated carbocycles. The minimum absolute atomic E-state index is 0.177. The molecule has 0 radical (unpaired) electrons. The molecule has 142 valence electrons. The zero-order valence-corrected chi connectivity index (χ0v) is 16.0. The van der Waals surface area contributed by atoms with Gasteiger partial charge in [-0.15, -0.1) is 0 Å². The summed E-state index contributed by atoms with van der Waals surface area (Å²) in [5.74, 6) is 1.44. The lowest BCUT2D eigenvalue weighted by Crippen LogP contribution is -2.12. The van der Waals surface area contributed by atoms with Gasteiger partial charge in [0.05, 0.1) is 11.9 Å². The number of ether oxygens (including phenoxy) is 2. The van der Waals surface area contributed by atoms with E-state index in [-0.39, 0.29) is 12.7 Å². The minimum atomic E-state index is -0.253. The molecule has 28 heavy (non-hydrogen) atoms. The Morgan fingerprint density at radius 2 is 1.71 bits per heavy atom. The summed E-state index contributed by atoms with van der Waals surface area (Å²) >= 11 is 0. The molecule has 4 rings (SSSR count). The van der Waals surface area contributed by atoms with Gasteiger partial charge in [-0.25, -0.2) is 4.98 Å². The van der Waals surface area contributed by atoms with Crippen molar-refractivity contribution in [1.29, 1.82) is 0 Å². The zero-order valence-electron chi connectivity index (χ0n) is 16.0. The summed E-state index contributed by atoms with van der Waals surface area (Å²) in [4.78, 5) is 16.8. The van der Waals surface area contributed by atoms with Crippen LogP contribution in [0.5, 0.6) is 11.5 Å². The Morgan fingerprint density at radius 3 is 2.43 bits per heavy atom. The normalized spacial score (nSPS) is 12.0. The maximum absolute atomic E-state index is 12.4. The number of pyridine rings is 1. The van der Waals surface area contributed by atoms with Gasteiger partial charge >= 0.3 is 0 Å². The highest BCUT2D eigenvalue weighted by molar-refractivity contribution is 6.04. The first-order chi connectivity index (χ1) is 13.5. The highest BCUT2D eigenvalue weighted by atomic mass is 16.7. The zero-order chi connectivity index (χ0) is 19.7. The minimum Gasteiger partial charge on any atom is -0.454 e. The third-order valence-electron chi connectivity index (χ3n) is 4.59.